The first-order chi connectivity index (χ1) is 16.7. The Kier molecular flexibility index (Phi) is 9.40. The fraction of sp³-hybridized carbons (Fsp3) is 0.429. The molecule has 2 amide bonds. The summed E-state index contributed by atoms with van der Waals surface area (Å²) in [5.74, 6) is 1.73. The first kappa shape index (κ1) is 26.8. The Labute approximate surface area is 213 Å². The highest BCUT2D eigenvalue weighted by atomic mass is 32.2. The number of nitrogens with zero attached hydrogens (tertiary/aromatic N) is 2. The quantitative estimate of drug-likeness (QED) is 0.462. The van der Waals surface area contributed by atoms with Crippen LogP contribution in [0.25, 0.3) is 6.08 Å². The lowest BCUT2D eigenvalue weighted by Gasteiger charge is -2.27. The van der Waals surface area contributed by atoms with Gasteiger partial charge in [0.1, 0.15) is 5.75 Å². The average molecular weight is 496 g/mol. The number of thioether (sulfide) groups is 1. The number of likely N-dealkylation sites (N-methyl/N-ethyl adjacent to an activating group) is 1. The molecule has 1 aliphatic rings. The molecule has 6 nitrogen and oxygen atoms in total. The maximum Gasteiger partial charge on any atom is 0.264 e. The van der Waals surface area contributed by atoms with Gasteiger partial charge in [0, 0.05) is 43.7 Å². The van der Waals surface area contributed by atoms with Crippen molar-refractivity contribution in [1.82, 2.24) is 10.2 Å². The van der Waals surface area contributed by atoms with Crippen molar-refractivity contribution in [1.29, 1.82) is 0 Å². The molecular formula is C28H37N3O3S. The first-order valence-corrected chi connectivity index (χ1v) is 13.0. The number of methoxy groups -OCH3 is 1. The van der Waals surface area contributed by atoms with E-state index in [1.54, 1.807) is 25.1 Å². The number of anilines is 1. The summed E-state index contributed by atoms with van der Waals surface area (Å²) in [5.41, 5.74) is 2.24. The van der Waals surface area contributed by atoms with E-state index in [1.807, 2.05) is 42.5 Å². The van der Waals surface area contributed by atoms with Gasteiger partial charge in [-0.1, -0.05) is 51.6 Å². The summed E-state index contributed by atoms with van der Waals surface area (Å²) in [5, 5.41) is 3.05. The third kappa shape index (κ3) is 7.36. The molecule has 7 heteroatoms. The van der Waals surface area contributed by atoms with E-state index in [0.717, 1.165) is 41.5 Å². The Morgan fingerprint density at radius 2 is 1.74 bits per heavy atom. The number of nitrogens with one attached hydrogen (secondary N) is 1. The van der Waals surface area contributed by atoms with E-state index in [1.165, 1.54) is 11.8 Å². The Balaban J connectivity index is 1.67. The molecule has 1 aliphatic heterocycles. The lowest BCUT2D eigenvalue weighted by Crippen LogP contribution is -2.38. The number of hydrogen-bond donors (Lipinski definition) is 1. The minimum Gasteiger partial charge on any atom is -0.497 e. The molecule has 35 heavy (non-hydrogen) atoms. The summed E-state index contributed by atoms with van der Waals surface area (Å²) >= 11 is 1.43. The van der Waals surface area contributed by atoms with E-state index in [0.29, 0.717) is 28.8 Å². The normalized spacial score (nSPS) is 14.7. The molecule has 0 atom stereocenters. The van der Waals surface area contributed by atoms with Gasteiger partial charge >= 0.3 is 0 Å². The summed E-state index contributed by atoms with van der Waals surface area (Å²) in [6, 6.07) is 13.1. The van der Waals surface area contributed by atoms with Crippen LogP contribution in [0.15, 0.2) is 52.3 Å². The summed E-state index contributed by atoms with van der Waals surface area (Å²) in [6.07, 6.45) is 1.88. The number of rotatable bonds is 10. The molecule has 0 fully saturated rings. The van der Waals surface area contributed by atoms with E-state index in [4.69, 9.17) is 4.74 Å². The summed E-state index contributed by atoms with van der Waals surface area (Å²) in [6.45, 7) is 12.3. The fourth-order valence-electron chi connectivity index (χ4n) is 4.11. The molecule has 1 N–H and O–H groups in total. The van der Waals surface area contributed by atoms with Crippen molar-refractivity contribution in [2.75, 3.05) is 45.2 Å². The van der Waals surface area contributed by atoms with Gasteiger partial charge in [-0.2, -0.15) is 0 Å². The maximum absolute atomic E-state index is 13.0. The van der Waals surface area contributed by atoms with Crippen molar-refractivity contribution in [3.8, 4) is 5.75 Å². The molecule has 0 aromatic heterocycles. The summed E-state index contributed by atoms with van der Waals surface area (Å²) < 4.78 is 5.20. The largest absolute Gasteiger partial charge is 0.497 e. The molecule has 1 heterocycles. The van der Waals surface area contributed by atoms with E-state index in [9.17, 15) is 9.59 Å². The van der Waals surface area contributed by atoms with Gasteiger partial charge in [0.25, 0.3) is 11.8 Å². The van der Waals surface area contributed by atoms with Crippen LogP contribution in [0.1, 0.15) is 43.6 Å². The molecule has 0 radical (unpaired) electrons. The van der Waals surface area contributed by atoms with Gasteiger partial charge in [0.15, 0.2) is 0 Å². The van der Waals surface area contributed by atoms with Crippen LogP contribution in [0.5, 0.6) is 5.75 Å². The van der Waals surface area contributed by atoms with Crippen LogP contribution in [-0.2, 0) is 4.79 Å². The smallest absolute Gasteiger partial charge is 0.264 e. The van der Waals surface area contributed by atoms with Crippen LogP contribution >= 0.6 is 11.8 Å². The molecule has 0 bridgehead atoms. The Morgan fingerprint density at radius 1 is 1.09 bits per heavy atom. The van der Waals surface area contributed by atoms with Crippen LogP contribution in [-0.4, -0.2) is 57.1 Å². The predicted molar refractivity (Wildman–Crippen MR) is 145 cm³/mol. The van der Waals surface area contributed by atoms with Gasteiger partial charge in [0.05, 0.1) is 17.7 Å². The van der Waals surface area contributed by atoms with Crippen molar-refractivity contribution in [3.63, 3.8) is 0 Å². The molecular weight excluding hydrogens is 458 g/mol. The second kappa shape index (κ2) is 12.3. The van der Waals surface area contributed by atoms with Crippen molar-refractivity contribution in [2.24, 2.45) is 11.8 Å². The molecule has 2 aromatic rings. The molecule has 0 aliphatic carbocycles. The molecule has 0 spiro atoms. The number of amides is 2. The van der Waals surface area contributed by atoms with Crippen molar-refractivity contribution < 1.29 is 14.3 Å². The van der Waals surface area contributed by atoms with E-state index >= 15 is 0 Å². The van der Waals surface area contributed by atoms with Crippen LogP contribution in [0.3, 0.4) is 0 Å². The van der Waals surface area contributed by atoms with Gasteiger partial charge < -0.3 is 19.9 Å². The summed E-state index contributed by atoms with van der Waals surface area (Å²) in [4.78, 5) is 31.5. The zero-order valence-corrected chi connectivity index (χ0v) is 22.4. The highest BCUT2D eigenvalue weighted by Crippen LogP contribution is 2.42. The Morgan fingerprint density at radius 3 is 2.34 bits per heavy atom. The molecule has 188 valence electrons. The Hall–Kier alpha value is -2.77. The zero-order chi connectivity index (χ0) is 25.5. The van der Waals surface area contributed by atoms with Crippen molar-refractivity contribution in [3.05, 3.63) is 58.5 Å². The highest BCUT2D eigenvalue weighted by molar-refractivity contribution is 8.04. The standard InChI is InChI=1S/C28H37N3O3S/c1-19(2)17-31(18-20(3)4)14-13-29-27(32)22-9-12-25-24(16-22)30(5)28(33)26(35-25)15-21-7-10-23(34-6)11-8-21/h7-12,15-16,19-20H,13-14,17-18H2,1-6H3,(H,29,32)/b26-15-. The lowest BCUT2D eigenvalue weighted by molar-refractivity contribution is -0.114. The van der Waals surface area contributed by atoms with Crippen molar-refractivity contribution in [2.45, 2.75) is 32.6 Å². The Bertz CT molecular complexity index is 1050. The van der Waals surface area contributed by atoms with Crippen LogP contribution < -0.4 is 15.0 Å². The van der Waals surface area contributed by atoms with Crippen LogP contribution in [0, 0.1) is 11.8 Å². The number of hydrogen-bond acceptors (Lipinski definition) is 5. The SMILES string of the molecule is COc1ccc(/C=C2\Sc3ccc(C(=O)NCCN(CC(C)C)CC(C)C)cc3N(C)C2=O)cc1. The molecule has 2 aromatic carbocycles. The second-order valence-electron chi connectivity index (χ2n) is 9.73. The van der Waals surface area contributed by atoms with E-state index in [-0.39, 0.29) is 11.8 Å². The zero-order valence-electron chi connectivity index (χ0n) is 21.6. The maximum atomic E-state index is 13.0. The third-order valence-corrected chi connectivity index (χ3v) is 6.77. The van der Waals surface area contributed by atoms with Gasteiger partial charge in [-0.25, -0.2) is 0 Å². The third-order valence-electron chi connectivity index (χ3n) is 5.69. The molecule has 3 rings (SSSR count). The number of carbonyl (C=O) groups is 2. The number of carbonyl (C=O) groups excluding carboxylic acids is 2. The van der Waals surface area contributed by atoms with E-state index in [2.05, 4.69) is 37.9 Å². The predicted octanol–water partition coefficient (Wildman–Crippen LogP) is 5.15. The minimum absolute atomic E-state index is 0.0890. The molecule has 0 saturated heterocycles. The summed E-state index contributed by atoms with van der Waals surface area (Å²) in [7, 11) is 3.38. The van der Waals surface area contributed by atoms with Crippen LogP contribution in [0.4, 0.5) is 5.69 Å². The van der Waals surface area contributed by atoms with E-state index < -0.39 is 0 Å². The second-order valence-corrected chi connectivity index (χ2v) is 10.8. The number of fused-ring (bicyclic) bond motifs is 1. The number of ether oxygens (including phenoxy) is 1. The average Bonchev–Trinajstić information content (AvgIpc) is 2.81. The van der Waals surface area contributed by atoms with Gasteiger partial charge in [-0.15, -0.1) is 0 Å². The molecule has 0 unspecified atom stereocenters. The van der Waals surface area contributed by atoms with Gasteiger partial charge in [0.2, 0.25) is 0 Å². The van der Waals surface area contributed by atoms with Crippen LogP contribution in [0.2, 0.25) is 0 Å². The highest BCUT2D eigenvalue weighted by Gasteiger charge is 2.27. The fourth-order valence-corrected chi connectivity index (χ4v) is 5.20. The number of benzene rings is 2. The van der Waals surface area contributed by atoms with Gasteiger partial charge in [-0.05, 0) is 53.8 Å². The monoisotopic (exact) mass is 495 g/mol. The van der Waals surface area contributed by atoms with Gasteiger partial charge in [-0.3, -0.25) is 9.59 Å². The lowest BCUT2D eigenvalue weighted by atomic mass is 10.1. The molecule has 0 saturated carbocycles. The topological polar surface area (TPSA) is 61.9 Å². The van der Waals surface area contributed by atoms with Crippen molar-refractivity contribution >= 4 is 35.3 Å². The first-order valence-electron chi connectivity index (χ1n) is 12.1. The minimum atomic E-state index is -0.118.